The topological polar surface area (TPSA) is 69.2 Å². The SMILES string of the molecule is Cn1cccc1C1CCCCCN1C(=O)Cn1ccc(=O)n(C)c1=O. The van der Waals surface area contributed by atoms with Crippen molar-refractivity contribution in [1.82, 2.24) is 18.6 Å². The maximum absolute atomic E-state index is 13.0. The number of amides is 1. The molecule has 0 N–H and O–H groups in total. The molecule has 1 aliphatic heterocycles. The molecule has 3 heterocycles. The zero-order valence-electron chi connectivity index (χ0n) is 14.7. The van der Waals surface area contributed by atoms with E-state index in [1.54, 1.807) is 0 Å². The number of aryl methyl sites for hydroxylation is 1. The summed E-state index contributed by atoms with van der Waals surface area (Å²) in [6.45, 7) is 0.642. The summed E-state index contributed by atoms with van der Waals surface area (Å²) in [5, 5.41) is 0. The highest BCUT2D eigenvalue weighted by Crippen LogP contribution is 2.30. The van der Waals surface area contributed by atoms with Gasteiger partial charge in [-0.05, 0) is 25.0 Å². The third kappa shape index (κ3) is 3.45. The number of aromatic nitrogens is 3. The Hall–Kier alpha value is -2.57. The van der Waals surface area contributed by atoms with Crippen LogP contribution in [0.15, 0.2) is 40.2 Å². The molecule has 1 saturated heterocycles. The first kappa shape index (κ1) is 17.3. The van der Waals surface area contributed by atoms with Crippen molar-refractivity contribution in [3.63, 3.8) is 0 Å². The summed E-state index contributed by atoms with van der Waals surface area (Å²) in [7, 11) is 3.41. The molecule has 1 aliphatic rings. The average Bonchev–Trinajstić information content (AvgIpc) is 2.87. The molecule has 7 heteroatoms. The normalized spacial score (nSPS) is 18.2. The second kappa shape index (κ2) is 7.13. The number of hydrogen-bond donors (Lipinski definition) is 0. The van der Waals surface area contributed by atoms with Gasteiger partial charge < -0.3 is 9.47 Å². The first-order valence-electron chi connectivity index (χ1n) is 8.66. The zero-order valence-corrected chi connectivity index (χ0v) is 14.7. The minimum atomic E-state index is -0.467. The summed E-state index contributed by atoms with van der Waals surface area (Å²) >= 11 is 0. The lowest BCUT2D eigenvalue weighted by atomic mass is 10.1. The smallest absolute Gasteiger partial charge is 0.331 e. The third-order valence-electron chi connectivity index (χ3n) is 4.96. The van der Waals surface area contributed by atoms with Crippen LogP contribution in [0, 0.1) is 0 Å². The molecule has 1 atom stereocenters. The first-order chi connectivity index (χ1) is 12.0. The Labute approximate surface area is 146 Å². The highest BCUT2D eigenvalue weighted by molar-refractivity contribution is 5.76. The van der Waals surface area contributed by atoms with Crippen molar-refractivity contribution in [2.24, 2.45) is 14.1 Å². The molecule has 0 radical (unpaired) electrons. The molecule has 0 aliphatic carbocycles. The highest BCUT2D eigenvalue weighted by atomic mass is 16.2. The van der Waals surface area contributed by atoms with Crippen LogP contribution in [0.2, 0.25) is 0 Å². The van der Waals surface area contributed by atoms with E-state index >= 15 is 0 Å². The Morgan fingerprint density at radius 1 is 1.12 bits per heavy atom. The Morgan fingerprint density at radius 2 is 1.92 bits per heavy atom. The van der Waals surface area contributed by atoms with Crippen LogP contribution in [0.25, 0.3) is 0 Å². The van der Waals surface area contributed by atoms with Crippen LogP contribution < -0.4 is 11.2 Å². The van der Waals surface area contributed by atoms with E-state index in [0.29, 0.717) is 6.54 Å². The Morgan fingerprint density at radius 3 is 2.64 bits per heavy atom. The van der Waals surface area contributed by atoms with Crippen LogP contribution in [0.1, 0.15) is 37.4 Å². The zero-order chi connectivity index (χ0) is 18.0. The number of nitrogens with zero attached hydrogens (tertiary/aromatic N) is 4. The molecule has 0 saturated carbocycles. The minimum Gasteiger partial charge on any atom is -0.353 e. The van der Waals surface area contributed by atoms with Crippen LogP contribution in [-0.4, -0.2) is 31.1 Å². The fourth-order valence-electron chi connectivity index (χ4n) is 3.51. The van der Waals surface area contributed by atoms with Gasteiger partial charge in [0.15, 0.2) is 0 Å². The number of likely N-dealkylation sites (tertiary alicyclic amines) is 1. The van der Waals surface area contributed by atoms with Gasteiger partial charge in [-0.1, -0.05) is 12.8 Å². The van der Waals surface area contributed by atoms with Crippen molar-refractivity contribution in [3.05, 3.63) is 57.1 Å². The Bertz CT molecular complexity index is 877. The summed E-state index contributed by atoms with van der Waals surface area (Å²) < 4.78 is 4.37. The van der Waals surface area contributed by atoms with Crippen molar-refractivity contribution in [2.75, 3.05) is 6.54 Å². The van der Waals surface area contributed by atoms with Crippen LogP contribution in [0.3, 0.4) is 0 Å². The van der Waals surface area contributed by atoms with Gasteiger partial charge in [-0.25, -0.2) is 4.79 Å². The summed E-state index contributed by atoms with van der Waals surface area (Å²) in [5.41, 5.74) is 0.277. The van der Waals surface area contributed by atoms with Crippen molar-refractivity contribution >= 4 is 5.91 Å². The van der Waals surface area contributed by atoms with Crippen LogP contribution in [0.5, 0.6) is 0 Å². The highest BCUT2D eigenvalue weighted by Gasteiger charge is 2.28. The van der Waals surface area contributed by atoms with Crippen molar-refractivity contribution in [3.8, 4) is 0 Å². The molecule has 0 aromatic carbocycles. The predicted octanol–water partition coefficient (Wildman–Crippen LogP) is 1.03. The van der Waals surface area contributed by atoms with Gasteiger partial charge in [-0.2, -0.15) is 0 Å². The quantitative estimate of drug-likeness (QED) is 0.835. The molecule has 2 aromatic rings. The molecule has 7 nitrogen and oxygen atoms in total. The molecule has 134 valence electrons. The van der Waals surface area contributed by atoms with E-state index in [4.69, 9.17) is 0 Å². The van der Waals surface area contributed by atoms with E-state index in [0.717, 1.165) is 35.9 Å². The second-order valence-electron chi connectivity index (χ2n) is 6.62. The molecule has 1 fully saturated rings. The van der Waals surface area contributed by atoms with Crippen molar-refractivity contribution in [2.45, 2.75) is 38.3 Å². The standard InChI is InChI=1S/C18H24N4O3/c1-19-10-6-8-14(19)15-7-4-3-5-11-22(15)17(24)13-21-12-9-16(23)20(2)18(21)25/h6,8-10,12,15H,3-5,7,11,13H2,1-2H3. The molecule has 3 rings (SSSR count). The van der Waals surface area contributed by atoms with E-state index in [-0.39, 0.29) is 24.1 Å². The van der Waals surface area contributed by atoms with Gasteiger partial charge in [-0.3, -0.25) is 18.7 Å². The fourth-order valence-corrected chi connectivity index (χ4v) is 3.51. The molecule has 25 heavy (non-hydrogen) atoms. The van der Waals surface area contributed by atoms with E-state index in [1.165, 1.54) is 23.9 Å². The summed E-state index contributed by atoms with van der Waals surface area (Å²) in [5.74, 6) is -0.0890. The summed E-state index contributed by atoms with van der Waals surface area (Å²) in [6, 6.07) is 5.37. The van der Waals surface area contributed by atoms with Gasteiger partial charge in [-0.15, -0.1) is 0 Å². The van der Waals surface area contributed by atoms with E-state index in [9.17, 15) is 14.4 Å². The number of carbonyl (C=O) groups excluding carboxylic acids is 1. The minimum absolute atomic E-state index is 0.0261. The lowest BCUT2D eigenvalue weighted by molar-refractivity contribution is -0.134. The molecular weight excluding hydrogens is 320 g/mol. The average molecular weight is 344 g/mol. The van der Waals surface area contributed by atoms with Crippen LogP contribution in [-0.2, 0) is 25.4 Å². The molecule has 1 amide bonds. The van der Waals surface area contributed by atoms with Gasteiger partial charge >= 0.3 is 5.69 Å². The maximum atomic E-state index is 13.0. The molecular formula is C18H24N4O3. The third-order valence-corrected chi connectivity index (χ3v) is 4.96. The lowest BCUT2D eigenvalue weighted by Gasteiger charge is -2.31. The maximum Gasteiger partial charge on any atom is 0.331 e. The second-order valence-corrected chi connectivity index (χ2v) is 6.62. The Kier molecular flexibility index (Phi) is 4.92. The number of carbonyl (C=O) groups is 1. The Balaban J connectivity index is 1.88. The van der Waals surface area contributed by atoms with Gasteiger partial charge in [0.2, 0.25) is 5.91 Å². The lowest BCUT2D eigenvalue weighted by Crippen LogP contribution is -2.42. The van der Waals surface area contributed by atoms with E-state index in [2.05, 4.69) is 10.6 Å². The summed E-state index contributed by atoms with van der Waals surface area (Å²) in [4.78, 5) is 38.6. The van der Waals surface area contributed by atoms with Gasteiger partial charge in [0, 0.05) is 44.8 Å². The largest absolute Gasteiger partial charge is 0.353 e. The van der Waals surface area contributed by atoms with E-state index in [1.807, 2.05) is 24.2 Å². The summed E-state index contributed by atoms with van der Waals surface area (Å²) in [6.07, 6.45) is 7.46. The molecule has 0 bridgehead atoms. The van der Waals surface area contributed by atoms with E-state index < -0.39 is 5.69 Å². The number of hydrogen-bond acceptors (Lipinski definition) is 3. The monoisotopic (exact) mass is 344 g/mol. The predicted molar refractivity (Wildman–Crippen MR) is 94.3 cm³/mol. The fraction of sp³-hybridized carbons (Fsp3) is 0.500. The number of rotatable bonds is 3. The first-order valence-corrected chi connectivity index (χ1v) is 8.66. The van der Waals surface area contributed by atoms with Crippen LogP contribution >= 0.6 is 0 Å². The molecule has 2 aromatic heterocycles. The van der Waals surface area contributed by atoms with Crippen molar-refractivity contribution in [1.29, 1.82) is 0 Å². The van der Waals surface area contributed by atoms with Gasteiger partial charge in [0.1, 0.15) is 6.54 Å². The van der Waals surface area contributed by atoms with Gasteiger partial charge in [0.05, 0.1) is 6.04 Å². The van der Waals surface area contributed by atoms with Crippen molar-refractivity contribution < 1.29 is 4.79 Å². The molecule has 0 spiro atoms. The molecule has 1 unspecified atom stereocenters. The van der Waals surface area contributed by atoms with Gasteiger partial charge in [0.25, 0.3) is 5.56 Å². The van der Waals surface area contributed by atoms with Crippen LogP contribution in [0.4, 0.5) is 0 Å².